The first-order valence-electron chi connectivity index (χ1n) is 4.25. The van der Waals surface area contributed by atoms with E-state index < -0.39 is 7.71 Å². The first-order valence-corrected chi connectivity index (χ1v) is 7.34. The number of halogens is 1. The van der Waals surface area contributed by atoms with Crippen molar-refractivity contribution in [2.45, 2.75) is 33.2 Å². The Balaban J connectivity index is 4.01. The Labute approximate surface area is 75.6 Å². The lowest BCUT2D eigenvalue weighted by atomic mass is 10.6. The molecule has 0 bridgehead atoms. The van der Waals surface area contributed by atoms with Crippen molar-refractivity contribution in [3.63, 3.8) is 0 Å². The molecule has 2 N–H and O–H groups in total. The fraction of sp³-hybridized carbons (Fsp3) is 1.00. The minimum atomic E-state index is -1.85. The smallest absolute Gasteiger partial charge is 0.304 e. The lowest BCUT2D eigenvalue weighted by Crippen LogP contribution is -2.60. The number of nitrogens with one attached hydrogen (secondary N) is 2. The summed E-state index contributed by atoms with van der Waals surface area (Å²) in [7, 11) is -1.85. The van der Waals surface area contributed by atoms with Crippen LogP contribution in [-0.2, 0) is 0 Å². The van der Waals surface area contributed by atoms with Crippen LogP contribution in [0, 0.1) is 0 Å². The molecule has 11 heavy (non-hydrogen) atoms. The van der Waals surface area contributed by atoms with Crippen molar-refractivity contribution >= 4 is 18.8 Å². The second-order valence-corrected chi connectivity index (χ2v) is 8.00. The van der Waals surface area contributed by atoms with Gasteiger partial charge in [-0.25, -0.2) is 0 Å². The molecule has 0 radical (unpaired) electrons. The standard InChI is InChI=1S/C7H19ClN2Si/c1-5-9-11(8,7(3)4)10-6-2/h7,9-10H,5-6H2,1-4H3. The number of hydrogen-bond acceptors (Lipinski definition) is 2. The molecule has 0 rings (SSSR count). The minimum absolute atomic E-state index is 0.518. The van der Waals surface area contributed by atoms with Gasteiger partial charge in [-0.15, -0.1) is 11.1 Å². The summed E-state index contributed by atoms with van der Waals surface area (Å²) in [6, 6.07) is 0. The molecule has 4 heteroatoms. The first-order chi connectivity index (χ1) is 5.06. The molecule has 0 aliphatic rings. The van der Waals surface area contributed by atoms with E-state index >= 15 is 0 Å². The molecule has 0 heterocycles. The lowest BCUT2D eigenvalue weighted by Gasteiger charge is -2.29. The van der Waals surface area contributed by atoms with Gasteiger partial charge in [0.25, 0.3) is 0 Å². The predicted octanol–water partition coefficient (Wildman–Crippen LogP) is 1.79. The van der Waals surface area contributed by atoms with Crippen molar-refractivity contribution in [2.24, 2.45) is 0 Å². The van der Waals surface area contributed by atoms with E-state index in [1.165, 1.54) is 0 Å². The summed E-state index contributed by atoms with van der Waals surface area (Å²) in [4.78, 5) is 6.71. The van der Waals surface area contributed by atoms with Crippen LogP contribution < -0.4 is 9.96 Å². The average molecular weight is 195 g/mol. The third-order valence-electron chi connectivity index (χ3n) is 1.66. The molecule has 0 unspecified atom stereocenters. The van der Waals surface area contributed by atoms with E-state index in [0.717, 1.165) is 13.1 Å². The second-order valence-electron chi connectivity index (χ2n) is 2.93. The summed E-state index contributed by atoms with van der Waals surface area (Å²) in [6.07, 6.45) is 0. The molecule has 0 atom stereocenters. The molecule has 0 aliphatic heterocycles. The van der Waals surface area contributed by atoms with E-state index in [1.54, 1.807) is 0 Å². The van der Waals surface area contributed by atoms with E-state index in [1.807, 2.05) is 0 Å². The fourth-order valence-electron chi connectivity index (χ4n) is 0.985. The lowest BCUT2D eigenvalue weighted by molar-refractivity contribution is 0.819. The third kappa shape index (κ3) is 3.56. The Kier molecular flexibility index (Phi) is 5.34. The van der Waals surface area contributed by atoms with Crippen LogP contribution in [0.25, 0.3) is 0 Å². The Hall–Kier alpha value is 0.427. The van der Waals surface area contributed by atoms with E-state index in [2.05, 4.69) is 37.7 Å². The number of rotatable bonds is 5. The van der Waals surface area contributed by atoms with Crippen LogP contribution in [0.2, 0.25) is 5.54 Å². The van der Waals surface area contributed by atoms with Gasteiger partial charge in [-0.05, 0) is 18.6 Å². The van der Waals surface area contributed by atoms with E-state index in [0.29, 0.717) is 5.54 Å². The monoisotopic (exact) mass is 194 g/mol. The second kappa shape index (κ2) is 5.14. The Morgan fingerprint density at radius 1 is 1.18 bits per heavy atom. The minimum Gasteiger partial charge on any atom is -0.314 e. The Morgan fingerprint density at radius 3 is 1.73 bits per heavy atom. The van der Waals surface area contributed by atoms with Crippen LogP contribution in [-0.4, -0.2) is 20.8 Å². The SMILES string of the molecule is CCN[Si](Cl)(NCC)C(C)C. The van der Waals surface area contributed by atoms with Gasteiger partial charge in [0.2, 0.25) is 0 Å². The van der Waals surface area contributed by atoms with Crippen molar-refractivity contribution in [1.82, 2.24) is 9.96 Å². The Morgan fingerprint density at radius 2 is 1.55 bits per heavy atom. The zero-order valence-electron chi connectivity index (χ0n) is 7.87. The maximum atomic E-state index is 6.39. The highest BCUT2D eigenvalue weighted by Crippen LogP contribution is 2.18. The van der Waals surface area contributed by atoms with Crippen molar-refractivity contribution in [1.29, 1.82) is 0 Å². The molecule has 0 aromatic carbocycles. The van der Waals surface area contributed by atoms with Gasteiger partial charge >= 0.3 is 7.71 Å². The normalized spacial score (nSPS) is 12.5. The molecule has 0 saturated carbocycles. The van der Waals surface area contributed by atoms with Crippen LogP contribution >= 0.6 is 11.1 Å². The maximum Gasteiger partial charge on any atom is 0.304 e. The van der Waals surface area contributed by atoms with Crippen LogP contribution in [0.3, 0.4) is 0 Å². The van der Waals surface area contributed by atoms with Gasteiger partial charge in [0.1, 0.15) is 0 Å². The van der Waals surface area contributed by atoms with E-state index in [-0.39, 0.29) is 0 Å². The molecule has 0 saturated heterocycles. The zero-order chi connectivity index (χ0) is 8.91. The van der Waals surface area contributed by atoms with Gasteiger partial charge in [0, 0.05) is 0 Å². The van der Waals surface area contributed by atoms with Gasteiger partial charge in [0.15, 0.2) is 0 Å². The summed E-state index contributed by atoms with van der Waals surface area (Å²) >= 11 is 6.39. The molecule has 0 fully saturated rings. The maximum absolute atomic E-state index is 6.39. The van der Waals surface area contributed by atoms with Crippen molar-refractivity contribution in [2.75, 3.05) is 13.1 Å². The summed E-state index contributed by atoms with van der Waals surface area (Å²) in [5.41, 5.74) is 0.518. The molecule has 0 aliphatic carbocycles. The van der Waals surface area contributed by atoms with Gasteiger partial charge in [-0.3, -0.25) is 0 Å². The highest BCUT2D eigenvalue weighted by molar-refractivity contribution is 7.18. The summed E-state index contributed by atoms with van der Waals surface area (Å²) in [6.45, 7) is 10.4. The Bertz CT molecular complexity index is 103. The van der Waals surface area contributed by atoms with Crippen LogP contribution in [0.1, 0.15) is 27.7 Å². The van der Waals surface area contributed by atoms with Gasteiger partial charge < -0.3 is 9.96 Å². The van der Waals surface area contributed by atoms with Crippen molar-refractivity contribution in [3.05, 3.63) is 0 Å². The van der Waals surface area contributed by atoms with Gasteiger partial charge in [-0.2, -0.15) is 0 Å². The summed E-state index contributed by atoms with van der Waals surface area (Å²) in [5, 5.41) is 0. The van der Waals surface area contributed by atoms with Crippen molar-refractivity contribution in [3.8, 4) is 0 Å². The average Bonchev–Trinajstić information content (AvgIpc) is 1.88. The van der Waals surface area contributed by atoms with E-state index in [4.69, 9.17) is 11.1 Å². The highest BCUT2D eigenvalue weighted by atomic mass is 35.6. The van der Waals surface area contributed by atoms with Gasteiger partial charge in [-0.1, -0.05) is 27.7 Å². The summed E-state index contributed by atoms with van der Waals surface area (Å²) in [5.74, 6) is 0. The van der Waals surface area contributed by atoms with Crippen molar-refractivity contribution < 1.29 is 0 Å². The molecule has 0 spiro atoms. The molecule has 2 nitrogen and oxygen atoms in total. The van der Waals surface area contributed by atoms with Crippen LogP contribution in [0.5, 0.6) is 0 Å². The fourth-order valence-corrected chi connectivity index (χ4v) is 3.76. The third-order valence-corrected chi connectivity index (χ3v) is 7.10. The van der Waals surface area contributed by atoms with Crippen LogP contribution in [0.4, 0.5) is 0 Å². The number of hydrogen-bond donors (Lipinski definition) is 2. The largest absolute Gasteiger partial charge is 0.314 e. The predicted molar refractivity (Wildman–Crippen MR) is 54.1 cm³/mol. The van der Waals surface area contributed by atoms with E-state index in [9.17, 15) is 0 Å². The molecular formula is C7H19ClN2Si. The van der Waals surface area contributed by atoms with Gasteiger partial charge in [0.05, 0.1) is 0 Å². The molecule has 0 aromatic rings. The topological polar surface area (TPSA) is 24.1 Å². The highest BCUT2D eigenvalue weighted by Gasteiger charge is 2.33. The molecular weight excluding hydrogens is 176 g/mol. The summed E-state index contributed by atoms with van der Waals surface area (Å²) < 4.78 is 0. The van der Waals surface area contributed by atoms with Crippen LogP contribution in [0.15, 0.2) is 0 Å². The first kappa shape index (κ1) is 11.4. The zero-order valence-corrected chi connectivity index (χ0v) is 9.63. The quantitative estimate of drug-likeness (QED) is 0.515. The molecule has 0 amide bonds. The molecule has 68 valence electrons. The molecule has 0 aromatic heterocycles.